The van der Waals surface area contributed by atoms with E-state index in [0.717, 1.165) is 16.1 Å². The first-order valence-electron chi connectivity index (χ1n) is 8.59. The van der Waals surface area contributed by atoms with Crippen molar-refractivity contribution in [3.63, 3.8) is 0 Å². The van der Waals surface area contributed by atoms with Crippen molar-refractivity contribution in [3.8, 4) is 0 Å². The Hall–Kier alpha value is -1.89. The number of carbonyl (C=O) groups excluding carboxylic acids is 2. The van der Waals surface area contributed by atoms with Crippen molar-refractivity contribution in [1.29, 1.82) is 0 Å². The van der Waals surface area contributed by atoms with Crippen LogP contribution in [0.25, 0.3) is 0 Å². The summed E-state index contributed by atoms with van der Waals surface area (Å²) in [5, 5.41) is 5.47. The van der Waals surface area contributed by atoms with E-state index in [0.29, 0.717) is 31.2 Å². The zero-order valence-corrected chi connectivity index (χ0v) is 16.4. The molecule has 138 valence electrons. The monoisotopic (exact) mass is 391 g/mol. The van der Waals surface area contributed by atoms with Crippen LogP contribution in [-0.4, -0.2) is 53.8 Å². The second kappa shape index (κ2) is 8.20. The molecular weight excluding hydrogens is 370 g/mol. The molecule has 1 aromatic carbocycles. The smallest absolute Gasteiger partial charge is 0.264 e. The molecule has 1 fully saturated rings. The number of nitrogens with one attached hydrogen (secondary N) is 1. The molecule has 0 saturated carbocycles. The van der Waals surface area contributed by atoms with Crippen molar-refractivity contribution in [1.82, 2.24) is 9.80 Å². The summed E-state index contributed by atoms with van der Waals surface area (Å²) in [5.74, 6) is 0.0136. The van der Waals surface area contributed by atoms with Crippen LogP contribution in [0, 0.1) is 6.92 Å². The number of nitrogens with zero attached hydrogens (tertiary/aromatic N) is 2. The Morgan fingerprint density at radius 3 is 2.58 bits per heavy atom. The zero-order valence-electron chi connectivity index (χ0n) is 14.9. The van der Waals surface area contributed by atoms with Crippen LogP contribution in [0.1, 0.15) is 22.2 Å². The van der Waals surface area contributed by atoms with Crippen LogP contribution >= 0.6 is 22.9 Å². The predicted molar refractivity (Wildman–Crippen MR) is 106 cm³/mol. The van der Waals surface area contributed by atoms with Crippen LogP contribution in [0.4, 0.5) is 5.69 Å². The molecule has 1 aliphatic rings. The van der Waals surface area contributed by atoms with Gasteiger partial charge in [-0.1, -0.05) is 23.7 Å². The zero-order chi connectivity index (χ0) is 18.7. The minimum Gasteiger partial charge on any atom is -0.335 e. The normalized spacial score (nSPS) is 16.3. The predicted octanol–water partition coefficient (Wildman–Crippen LogP) is 3.49. The van der Waals surface area contributed by atoms with E-state index in [1.165, 1.54) is 11.3 Å². The standard InChI is InChI=1S/C19H22ClN3O2S/c1-13-5-6-15(20)12-16(13)21-18(24)14(2)22-7-9-23(10-8-22)19(25)17-4-3-11-26-17/h3-6,11-12,14H,7-10H2,1-2H3,(H,21,24)/t14-/m1/s1. The van der Waals surface area contributed by atoms with Gasteiger partial charge in [0, 0.05) is 36.9 Å². The third-order valence-electron chi connectivity index (χ3n) is 4.72. The summed E-state index contributed by atoms with van der Waals surface area (Å²) in [6.45, 7) is 6.45. The highest BCUT2D eigenvalue weighted by Crippen LogP contribution is 2.21. The van der Waals surface area contributed by atoms with Crippen molar-refractivity contribution >= 4 is 40.4 Å². The first-order valence-corrected chi connectivity index (χ1v) is 9.85. The summed E-state index contributed by atoms with van der Waals surface area (Å²) < 4.78 is 0. The summed E-state index contributed by atoms with van der Waals surface area (Å²) in [7, 11) is 0. The number of hydrogen-bond acceptors (Lipinski definition) is 4. The summed E-state index contributed by atoms with van der Waals surface area (Å²) in [4.78, 5) is 29.7. The van der Waals surface area contributed by atoms with Gasteiger partial charge in [0.25, 0.3) is 5.91 Å². The van der Waals surface area contributed by atoms with Crippen molar-refractivity contribution in [2.24, 2.45) is 0 Å². The molecule has 2 amide bonds. The van der Waals surface area contributed by atoms with Gasteiger partial charge in [0.1, 0.15) is 0 Å². The fourth-order valence-corrected chi connectivity index (χ4v) is 3.86. The molecule has 0 bridgehead atoms. The van der Waals surface area contributed by atoms with Crippen LogP contribution in [0.5, 0.6) is 0 Å². The van der Waals surface area contributed by atoms with E-state index in [4.69, 9.17) is 11.6 Å². The molecule has 3 rings (SSSR count). The molecule has 1 saturated heterocycles. The van der Waals surface area contributed by atoms with Gasteiger partial charge in [-0.25, -0.2) is 0 Å². The lowest BCUT2D eigenvalue weighted by Gasteiger charge is -2.37. The maximum atomic E-state index is 12.6. The number of aryl methyl sites for hydroxylation is 1. The maximum Gasteiger partial charge on any atom is 0.264 e. The fourth-order valence-electron chi connectivity index (χ4n) is 3.00. The van der Waals surface area contributed by atoms with E-state index in [1.807, 2.05) is 42.3 Å². The SMILES string of the molecule is Cc1ccc(Cl)cc1NC(=O)[C@@H](C)N1CCN(C(=O)c2cccs2)CC1. The largest absolute Gasteiger partial charge is 0.335 e. The van der Waals surface area contributed by atoms with Gasteiger partial charge < -0.3 is 10.2 Å². The van der Waals surface area contributed by atoms with Gasteiger partial charge in [0.15, 0.2) is 0 Å². The van der Waals surface area contributed by atoms with E-state index < -0.39 is 0 Å². The molecule has 1 aliphatic heterocycles. The lowest BCUT2D eigenvalue weighted by Crippen LogP contribution is -2.54. The minimum atomic E-state index is -0.271. The van der Waals surface area contributed by atoms with Crippen molar-refractivity contribution in [2.45, 2.75) is 19.9 Å². The minimum absolute atomic E-state index is 0.0617. The lowest BCUT2D eigenvalue weighted by molar-refractivity contribution is -0.121. The summed E-state index contributed by atoms with van der Waals surface area (Å²) in [6.07, 6.45) is 0. The van der Waals surface area contributed by atoms with Crippen LogP contribution in [-0.2, 0) is 4.79 Å². The van der Waals surface area contributed by atoms with Gasteiger partial charge in [-0.3, -0.25) is 14.5 Å². The number of piperazine rings is 1. The average Bonchev–Trinajstić information content (AvgIpc) is 3.18. The Morgan fingerprint density at radius 2 is 1.92 bits per heavy atom. The third kappa shape index (κ3) is 4.26. The first kappa shape index (κ1) is 18.9. The second-order valence-corrected chi connectivity index (χ2v) is 7.81. The summed E-state index contributed by atoms with van der Waals surface area (Å²) >= 11 is 7.48. The van der Waals surface area contributed by atoms with Gasteiger partial charge in [-0.2, -0.15) is 0 Å². The van der Waals surface area contributed by atoms with E-state index in [1.54, 1.807) is 12.1 Å². The molecule has 0 spiro atoms. The second-order valence-electron chi connectivity index (χ2n) is 6.43. The van der Waals surface area contributed by atoms with Gasteiger partial charge >= 0.3 is 0 Å². The quantitative estimate of drug-likeness (QED) is 0.867. The molecule has 1 atom stereocenters. The Balaban J connectivity index is 1.56. The number of thiophene rings is 1. The van der Waals surface area contributed by atoms with Crippen molar-refractivity contribution < 1.29 is 9.59 Å². The molecule has 5 nitrogen and oxygen atoms in total. The van der Waals surface area contributed by atoms with Crippen molar-refractivity contribution in [2.75, 3.05) is 31.5 Å². The number of amides is 2. The van der Waals surface area contributed by atoms with Gasteiger partial charge in [-0.15, -0.1) is 11.3 Å². The van der Waals surface area contributed by atoms with Gasteiger partial charge in [0.05, 0.1) is 10.9 Å². The van der Waals surface area contributed by atoms with E-state index in [2.05, 4.69) is 10.2 Å². The van der Waals surface area contributed by atoms with E-state index in [-0.39, 0.29) is 17.9 Å². The van der Waals surface area contributed by atoms with Crippen LogP contribution in [0.15, 0.2) is 35.7 Å². The van der Waals surface area contributed by atoms with Gasteiger partial charge in [0.2, 0.25) is 5.91 Å². The number of benzene rings is 1. The molecule has 0 unspecified atom stereocenters. The first-order chi connectivity index (χ1) is 12.5. The molecule has 2 heterocycles. The van der Waals surface area contributed by atoms with Crippen LogP contribution in [0.3, 0.4) is 0 Å². The molecule has 0 radical (unpaired) electrons. The molecule has 0 aliphatic carbocycles. The third-order valence-corrected chi connectivity index (χ3v) is 5.81. The van der Waals surface area contributed by atoms with Crippen LogP contribution < -0.4 is 5.32 Å². The van der Waals surface area contributed by atoms with Crippen LogP contribution in [0.2, 0.25) is 5.02 Å². The fraction of sp³-hybridized carbons (Fsp3) is 0.368. The topological polar surface area (TPSA) is 52.7 Å². The number of hydrogen-bond donors (Lipinski definition) is 1. The highest BCUT2D eigenvalue weighted by atomic mass is 35.5. The Bertz CT molecular complexity index is 786. The number of halogens is 1. The lowest BCUT2D eigenvalue weighted by atomic mass is 10.1. The summed E-state index contributed by atoms with van der Waals surface area (Å²) in [5.41, 5.74) is 1.71. The molecule has 7 heteroatoms. The molecule has 1 aromatic heterocycles. The highest BCUT2D eigenvalue weighted by Gasteiger charge is 2.28. The maximum absolute atomic E-state index is 12.6. The Morgan fingerprint density at radius 1 is 1.19 bits per heavy atom. The highest BCUT2D eigenvalue weighted by molar-refractivity contribution is 7.12. The molecular formula is C19H22ClN3O2S. The number of anilines is 1. The average molecular weight is 392 g/mol. The molecule has 26 heavy (non-hydrogen) atoms. The summed E-state index contributed by atoms with van der Waals surface area (Å²) in [6, 6.07) is 8.92. The van der Waals surface area contributed by atoms with Gasteiger partial charge in [-0.05, 0) is 43.0 Å². The molecule has 1 N–H and O–H groups in total. The van der Waals surface area contributed by atoms with E-state index >= 15 is 0 Å². The Labute approximate surface area is 162 Å². The Kier molecular flexibility index (Phi) is 5.96. The van der Waals surface area contributed by atoms with Crippen molar-refractivity contribution in [3.05, 3.63) is 51.2 Å². The van der Waals surface area contributed by atoms with E-state index in [9.17, 15) is 9.59 Å². The number of rotatable bonds is 4. The number of carbonyl (C=O) groups is 2. The molecule has 2 aromatic rings.